The monoisotopic (exact) mass is 504 g/mol. The van der Waals surface area contributed by atoms with Gasteiger partial charge in [-0.1, -0.05) is 12.1 Å². The van der Waals surface area contributed by atoms with Gasteiger partial charge in [0.05, 0.1) is 18.4 Å². The third-order valence-electron chi connectivity index (χ3n) is 4.72. The van der Waals surface area contributed by atoms with Gasteiger partial charge in [0, 0.05) is 17.1 Å². The molecule has 36 heavy (non-hydrogen) atoms. The number of alkyl halides is 3. The topological polar surface area (TPSA) is 99.0 Å². The van der Waals surface area contributed by atoms with Crippen molar-refractivity contribution in [3.63, 3.8) is 0 Å². The molecule has 0 unspecified atom stereocenters. The summed E-state index contributed by atoms with van der Waals surface area (Å²) < 4.78 is 73.0. The minimum atomic E-state index is -4.69. The molecule has 0 bridgehead atoms. The van der Waals surface area contributed by atoms with Crippen LogP contribution in [0.5, 0.6) is 17.4 Å². The number of urea groups is 1. The van der Waals surface area contributed by atoms with Crippen LogP contribution in [-0.2, 0) is 10.9 Å². The fraction of sp³-hybridized carbons (Fsp3) is 0.0833. The van der Waals surface area contributed by atoms with Crippen molar-refractivity contribution in [3.8, 4) is 17.4 Å². The van der Waals surface area contributed by atoms with E-state index in [1.54, 1.807) is 18.2 Å². The Morgan fingerprint density at radius 1 is 0.944 bits per heavy atom. The van der Waals surface area contributed by atoms with Crippen molar-refractivity contribution >= 4 is 34.5 Å². The van der Waals surface area contributed by atoms with Gasteiger partial charge in [0.1, 0.15) is 11.6 Å². The van der Waals surface area contributed by atoms with E-state index in [9.17, 15) is 27.2 Å². The predicted octanol–water partition coefficient (Wildman–Crippen LogP) is 7.17. The Morgan fingerprint density at radius 3 is 2.39 bits per heavy atom. The van der Waals surface area contributed by atoms with Crippen LogP contribution in [0.15, 0.2) is 71.1 Å². The lowest BCUT2D eigenvalue weighted by Gasteiger charge is -2.12. The van der Waals surface area contributed by atoms with Gasteiger partial charge < -0.3 is 29.3 Å². The molecule has 0 saturated carbocycles. The SMILES string of the molecule is COC(=O)Oc1cc2cccc(Oc3ccc(NC(=O)Nc4cc(C(F)(F)F)ccc4F)cc3)c2o1. The third kappa shape index (κ3) is 5.66. The highest BCUT2D eigenvalue weighted by Crippen LogP contribution is 2.35. The largest absolute Gasteiger partial charge is 0.516 e. The normalized spacial score (nSPS) is 11.1. The molecule has 3 aromatic carbocycles. The number of carbonyl (C=O) groups excluding carboxylic acids is 2. The van der Waals surface area contributed by atoms with Crippen molar-refractivity contribution in [2.24, 2.45) is 0 Å². The van der Waals surface area contributed by atoms with Gasteiger partial charge in [0.15, 0.2) is 11.3 Å². The number of halogens is 4. The minimum absolute atomic E-state index is 0.0873. The maximum atomic E-state index is 13.8. The number of benzene rings is 3. The number of nitrogens with one attached hydrogen (secondary N) is 2. The summed E-state index contributed by atoms with van der Waals surface area (Å²) in [6.45, 7) is 0. The molecule has 0 aliphatic carbocycles. The average molecular weight is 504 g/mol. The summed E-state index contributed by atoms with van der Waals surface area (Å²) in [5, 5.41) is 5.04. The molecule has 2 amide bonds. The van der Waals surface area contributed by atoms with Crippen LogP contribution >= 0.6 is 0 Å². The molecule has 0 spiro atoms. The van der Waals surface area contributed by atoms with Crippen molar-refractivity contribution in [2.75, 3.05) is 17.7 Å². The maximum absolute atomic E-state index is 13.8. The van der Waals surface area contributed by atoms with Crippen molar-refractivity contribution in [1.82, 2.24) is 0 Å². The zero-order chi connectivity index (χ0) is 25.9. The number of anilines is 2. The second-order valence-corrected chi connectivity index (χ2v) is 7.19. The van der Waals surface area contributed by atoms with Gasteiger partial charge in [-0.25, -0.2) is 14.0 Å². The Balaban J connectivity index is 1.43. The molecule has 8 nitrogen and oxygen atoms in total. The van der Waals surface area contributed by atoms with Crippen LogP contribution in [0.3, 0.4) is 0 Å². The molecule has 1 aromatic heterocycles. The average Bonchev–Trinajstić information content (AvgIpc) is 3.24. The van der Waals surface area contributed by atoms with Crippen LogP contribution in [0.4, 0.5) is 38.5 Å². The molecular weight excluding hydrogens is 488 g/mol. The summed E-state index contributed by atoms with van der Waals surface area (Å²) in [5.41, 5.74) is -1.15. The molecule has 0 atom stereocenters. The molecule has 4 aromatic rings. The van der Waals surface area contributed by atoms with Crippen LogP contribution in [0.25, 0.3) is 11.0 Å². The van der Waals surface area contributed by atoms with Crippen LogP contribution in [0.2, 0.25) is 0 Å². The highest BCUT2D eigenvalue weighted by molar-refractivity contribution is 5.99. The van der Waals surface area contributed by atoms with E-state index in [2.05, 4.69) is 15.4 Å². The Hall–Kier alpha value is -4.74. The lowest BCUT2D eigenvalue weighted by molar-refractivity contribution is -0.137. The molecule has 0 fully saturated rings. The number of fused-ring (bicyclic) bond motifs is 1. The number of para-hydroxylation sites is 1. The summed E-state index contributed by atoms with van der Waals surface area (Å²) >= 11 is 0. The first-order chi connectivity index (χ1) is 17.1. The van der Waals surface area contributed by atoms with E-state index >= 15 is 0 Å². The second-order valence-electron chi connectivity index (χ2n) is 7.19. The third-order valence-corrected chi connectivity index (χ3v) is 4.72. The second kappa shape index (κ2) is 9.86. The lowest BCUT2D eigenvalue weighted by atomic mass is 10.2. The summed E-state index contributed by atoms with van der Waals surface area (Å²) in [4.78, 5) is 23.4. The number of furan rings is 1. The van der Waals surface area contributed by atoms with Gasteiger partial charge in [-0.2, -0.15) is 13.2 Å². The van der Waals surface area contributed by atoms with E-state index in [1.165, 1.54) is 30.3 Å². The fourth-order valence-corrected chi connectivity index (χ4v) is 3.08. The Kier molecular flexibility index (Phi) is 6.68. The first-order valence-corrected chi connectivity index (χ1v) is 10.1. The zero-order valence-electron chi connectivity index (χ0n) is 18.3. The van der Waals surface area contributed by atoms with Crippen LogP contribution in [0.1, 0.15) is 5.56 Å². The molecular formula is C24H16F4N2O6. The van der Waals surface area contributed by atoms with Crippen molar-refractivity contribution in [3.05, 3.63) is 78.1 Å². The van der Waals surface area contributed by atoms with Gasteiger partial charge in [0.2, 0.25) is 0 Å². The number of hydrogen-bond donors (Lipinski definition) is 2. The van der Waals surface area contributed by atoms with E-state index in [4.69, 9.17) is 13.9 Å². The zero-order valence-corrected chi connectivity index (χ0v) is 18.3. The molecule has 2 N–H and O–H groups in total. The van der Waals surface area contributed by atoms with Crippen molar-refractivity contribution in [1.29, 1.82) is 0 Å². The lowest BCUT2D eigenvalue weighted by Crippen LogP contribution is -2.20. The van der Waals surface area contributed by atoms with E-state index in [1.807, 2.05) is 0 Å². The number of rotatable bonds is 5. The molecule has 186 valence electrons. The summed E-state index contributed by atoms with van der Waals surface area (Å²) in [7, 11) is 1.16. The Labute approximate surface area is 200 Å². The van der Waals surface area contributed by atoms with Crippen molar-refractivity contribution < 1.29 is 45.8 Å². The molecule has 0 saturated heterocycles. The van der Waals surface area contributed by atoms with Crippen LogP contribution in [0, 0.1) is 5.82 Å². The van der Waals surface area contributed by atoms with Gasteiger partial charge in [0.25, 0.3) is 5.95 Å². The first kappa shape index (κ1) is 24.4. The van der Waals surface area contributed by atoms with Gasteiger partial charge in [-0.05, 0) is 48.5 Å². The molecule has 12 heteroatoms. The quantitative estimate of drug-likeness (QED) is 0.221. The Bertz CT molecular complexity index is 1420. The number of methoxy groups -OCH3 is 1. The first-order valence-electron chi connectivity index (χ1n) is 10.1. The molecule has 0 aliphatic rings. The minimum Gasteiger partial charge on any atom is -0.453 e. The summed E-state index contributed by atoms with van der Waals surface area (Å²) in [5.74, 6) is -0.445. The van der Waals surface area contributed by atoms with E-state index in [-0.39, 0.29) is 11.6 Å². The van der Waals surface area contributed by atoms with E-state index < -0.39 is 35.4 Å². The smallest absolute Gasteiger partial charge is 0.453 e. The number of ether oxygens (including phenoxy) is 3. The van der Waals surface area contributed by atoms with Gasteiger partial charge >= 0.3 is 18.4 Å². The summed E-state index contributed by atoms with van der Waals surface area (Å²) in [6.07, 6.45) is -5.63. The fourth-order valence-electron chi connectivity index (χ4n) is 3.08. The van der Waals surface area contributed by atoms with Crippen LogP contribution < -0.4 is 20.1 Å². The van der Waals surface area contributed by atoms with Crippen LogP contribution in [-0.4, -0.2) is 19.3 Å². The molecule has 4 rings (SSSR count). The summed E-state index contributed by atoms with van der Waals surface area (Å²) in [6, 6.07) is 13.2. The number of amides is 2. The molecule has 0 aliphatic heterocycles. The van der Waals surface area contributed by atoms with E-state index in [0.29, 0.717) is 40.7 Å². The van der Waals surface area contributed by atoms with E-state index in [0.717, 1.165) is 7.11 Å². The van der Waals surface area contributed by atoms with Gasteiger partial charge in [-0.3, -0.25) is 0 Å². The maximum Gasteiger partial charge on any atom is 0.516 e. The van der Waals surface area contributed by atoms with Crippen molar-refractivity contribution in [2.45, 2.75) is 6.18 Å². The molecule has 1 heterocycles. The Morgan fingerprint density at radius 2 is 1.69 bits per heavy atom. The molecule has 0 radical (unpaired) electrons. The standard InChI is InChI=1S/C24H16F4N2O6/c1-33-23(32)36-20-11-13-3-2-4-19(21(13)35-20)34-16-8-6-15(7-9-16)29-22(31)30-18-12-14(24(26,27)28)5-10-17(18)25/h2-12H,1H3,(H2,29,30,31). The highest BCUT2D eigenvalue weighted by Gasteiger charge is 2.31. The van der Waals surface area contributed by atoms with Gasteiger partial charge in [-0.15, -0.1) is 0 Å². The number of carbonyl (C=O) groups is 2. The number of hydrogen-bond acceptors (Lipinski definition) is 6. The highest BCUT2D eigenvalue weighted by atomic mass is 19.4. The predicted molar refractivity (Wildman–Crippen MR) is 120 cm³/mol.